The third kappa shape index (κ3) is 4.34. The number of piperidine rings is 1. The van der Waals surface area contributed by atoms with E-state index in [4.69, 9.17) is 43.0 Å². The third-order valence-corrected chi connectivity index (χ3v) is 6.48. The number of carbonyl (C=O) groups is 4. The summed E-state index contributed by atoms with van der Waals surface area (Å²) in [4.78, 5) is 50.7. The number of halogens is 3. The van der Waals surface area contributed by atoms with Gasteiger partial charge in [-0.15, -0.1) is 0 Å². The molecule has 7 nitrogen and oxygen atoms in total. The molecule has 0 bridgehead atoms. The Morgan fingerprint density at radius 3 is 2.44 bits per heavy atom. The van der Waals surface area contributed by atoms with Crippen LogP contribution < -0.4 is 10.6 Å². The average Bonchev–Trinajstić information content (AvgIpc) is 3.13. The van der Waals surface area contributed by atoms with Crippen molar-refractivity contribution in [2.24, 2.45) is 0 Å². The van der Waals surface area contributed by atoms with E-state index < -0.39 is 58.1 Å². The van der Waals surface area contributed by atoms with Gasteiger partial charge in [-0.25, -0.2) is 0 Å². The van der Waals surface area contributed by atoms with Crippen molar-refractivity contribution in [3.8, 4) is 0 Å². The van der Waals surface area contributed by atoms with Crippen LogP contribution in [0.15, 0.2) is 42.5 Å². The minimum atomic E-state index is -3.88. The van der Waals surface area contributed by atoms with Crippen LogP contribution in [0.4, 0.5) is 8.78 Å². The van der Waals surface area contributed by atoms with Crippen LogP contribution in [0.25, 0.3) is 0 Å². The van der Waals surface area contributed by atoms with Crippen molar-refractivity contribution in [1.29, 1.82) is 0 Å². The fourth-order valence-electron chi connectivity index (χ4n) is 4.09. The number of imide groups is 1. The summed E-state index contributed by atoms with van der Waals surface area (Å²) in [6.07, 6.45) is 0. The van der Waals surface area contributed by atoms with Gasteiger partial charge in [-0.3, -0.25) is 24.5 Å². The number of nitrogens with one attached hydrogen (secondary N) is 2. The minimum Gasteiger partial charge on any atom is -0.352 e. The Bertz CT molecular complexity index is 1280. The fraction of sp³-hybridized carbons (Fsp3) is 0.273. The Hall–Kier alpha value is -3.07. The Kier molecular flexibility index (Phi) is 6.58. The highest BCUT2D eigenvalue weighted by atomic mass is 35.5. The molecule has 36 heavy (non-hydrogen) atoms. The topological polar surface area (TPSA) is 95.6 Å². The zero-order valence-corrected chi connectivity index (χ0v) is 19.3. The van der Waals surface area contributed by atoms with Gasteiger partial charge in [0.1, 0.15) is 13.9 Å². The lowest BCUT2D eigenvalue weighted by Crippen LogP contribution is -2.61. The van der Waals surface area contributed by atoms with E-state index in [2.05, 4.69) is 5.32 Å². The van der Waals surface area contributed by atoms with Crippen molar-refractivity contribution in [1.82, 2.24) is 15.5 Å². The first kappa shape index (κ1) is 26.0. The largest absolute Gasteiger partial charge is 0.352 e. The summed E-state index contributed by atoms with van der Waals surface area (Å²) in [6, 6.07) is 7.38. The SMILES string of the molecule is [B]C(NC(=O)C(F)(F)c1ccc(Cl)cc1)c1ccc2c(c1)CN(C1C(=O)NC(=O)C([B])([B])C1[B])C2=O. The van der Waals surface area contributed by atoms with Gasteiger partial charge in [0.05, 0.1) is 23.5 Å². The number of carbonyl (C=O) groups excluding carboxylic acids is 4. The maximum absolute atomic E-state index is 14.6. The van der Waals surface area contributed by atoms with E-state index in [9.17, 15) is 28.0 Å². The number of fused-ring (bicyclic) bond motifs is 1. The van der Waals surface area contributed by atoms with Crippen LogP contribution >= 0.6 is 11.6 Å². The molecular weight excluding hydrogens is 487 g/mol. The van der Waals surface area contributed by atoms with E-state index in [0.717, 1.165) is 17.0 Å². The highest BCUT2D eigenvalue weighted by Gasteiger charge is 2.50. The van der Waals surface area contributed by atoms with Crippen LogP contribution in [0.3, 0.4) is 0 Å². The van der Waals surface area contributed by atoms with Crippen molar-refractivity contribution in [2.75, 3.05) is 0 Å². The van der Waals surface area contributed by atoms with Crippen LogP contribution in [-0.4, -0.2) is 66.0 Å². The van der Waals surface area contributed by atoms with Crippen molar-refractivity contribution in [3.63, 3.8) is 0 Å². The standard InChI is InChI=1S/C22H14B4ClF2N3O4/c23-15-14(17(33)31-19(35)21(15,25)26)32-8-10-7-9(1-6-13(10)18(32)34)16(24)30-20(36)22(28,29)11-2-4-12(27)5-3-11/h1-7,14-16H,8H2,(H,30,36)(H,31,33,35). The Morgan fingerprint density at radius 2 is 1.81 bits per heavy atom. The molecule has 0 aliphatic carbocycles. The normalized spacial score (nSPS) is 22.1. The molecule has 14 heteroatoms. The molecule has 2 N–H and O–H groups in total. The smallest absolute Gasteiger partial charge is 0.349 e. The molecule has 2 aliphatic rings. The molecule has 3 unspecified atom stereocenters. The monoisotopic (exact) mass is 501 g/mol. The number of rotatable bonds is 5. The van der Waals surface area contributed by atoms with Crippen LogP contribution in [0.5, 0.6) is 0 Å². The van der Waals surface area contributed by atoms with Crippen molar-refractivity contribution in [2.45, 2.75) is 35.5 Å². The van der Waals surface area contributed by atoms with Gasteiger partial charge in [0.2, 0.25) is 11.8 Å². The van der Waals surface area contributed by atoms with E-state index in [-0.39, 0.29) is 22.7 Å². The van der Waals surface area contributed by atoms with E-state index in [0.29, 0.717) is 5.56 Å². The van der Waals surface area contributed by atoms with Crippen molar-refractivity contribution >= 4 is 66.6 Å². The van der Waals surface area contributed by atoms with Crippen LogP contribution in [0, 0.1) is 0 Å². The predicted molar refractivity (Wildman–Crippen MR) is 129 cm³/mol. The second-order valence-corrected chi connectivity index (χ2v) is 9.04. The van der Waals surface area contributed by atoms with Gasteiger partial charge in [-0.05, 0) is 40.4 Å². The van der Waals surface area contributed by atoms with Gasteiger partial charge >= 0.3 is 5.92 Å². The van der Waals surface area contributed by atoms with Gasteiger partial charge in [0.25, 0.3) is 11.8 Å². The number of amides is 4. The first-order valence-electron chi connectivity index (χ1n) is 10.6. The van der Waals surface area contributed by atoms with Crippen molar-refractivity contribution < 1.29 is 28.0 Å². The molecule has 0 aromatic heterocycles. The predicted octanol–water partition coefficient (Wildman–Crippen LogP) is 0.806. The average molecular weight is 501 g/mol. The number of benzene rings is 2. The second-order valence-electron chi connectivity index (χ2n) is 8.60. The summed E-state index contributed by atoms with van der Waals surface area (Å²) >= 11 is 5.71. The zero-order valence-electron chi connectivity index (χ0n) is 18.5. The molecule has 0 saturated carbocycles. The van der Waals surface area contributed by atoms with Gasteiger partial charge in [0, 0.05) is 28.6 Å². The summed E-state index contributed by atoms with van der Waals surface area (Å²) in [5.74, 6) is -10.6. The summed E-state index contributed by atoms with van der Waals surface area (Å²) in [6.45, 7) is -0.125. The Labute approximate surface area is 215 Å². The van der Waals surface area contributed by atoms with Gasteiger partial charge < -0.3 is 10.2 Å². The lowest BCUT2D eigenvalue weighted by molar-refractivity contribution is -0.147. The van der Waals surface area contributed by atoms with Crippen LogP contribution in [-0.2, 0) is 26.9 Å². The van der Waals surface area contributed by atoms with Gasteiger partial charge in [-0.2, -0.15) is 8.78 Å². The van der Waals surface area contributed by atoms with Crippen LogP contribution in [0.1, 0.15) is 33.0 Å². The maximum Gasteiger partial charge on any atom is 0.349 e. The van der Waals surface area contributed by atoms with Gasteiger partial charge in [-0.1, -0.05) is 35.9 Å². The molecule has 3 atom stereocenters. The summed E-state index contributed by atoms with van der Waals surface area (Å²) in [5.41, 5.74) is 0.245. The van der Waals surface area contributed by atoms with E-state index in [1.807, 2.05) is 5.32 Å². The first-order chi connectivity index (χ1) is 16.7. The van der Waals surface area contributed by atoms with Gasteiger partial charge in [0.15, 0.2) is 0 Å². The maximum atomic E-state index is 14.6. The highest BCUT2D eigenvalue weighted by molar-refractivity contribution is 6.56. The number of hydrogen-bond donors (Lipinski definition) is 2. The molecule has 2 aromatic carbocycles. The molecule has 8 radical (unpaired) electrons. The molecular formula is C22H14B4ClF2N3O4. The molecule has 1 saturated heterocycles. The molecule has 4 rings (SSSR count). The summed E-state index contributed by atoms with van der Waals surface area (Å²) in [7, 11) is 23.4. The molecule has 0 spiro atoms. The van der Waals surface area contributed by atoms with Crippen molar-refractivity contribution in [3.05, 3.63) is 69.7 Å². The molecule has 2 aromatic rings. The fourth-order valence-corrected chi connectivity index (χ4v) is 4.22. The molecule has 2 aliphatic heterocycles. The number of alkyl halides is 2. The Balaban J connectivity index is 1.52. The minimum absolute atomic E-state index is 0.125. The molecule has 4 amide bonds. The van der Waals surface area contributed by atoms with Crippen LogP contribution in [0.2, 0.25) is 16.1 Å². The molecule has 2 heterocycles. The lowest BCUT2D eigenvalue weighted by Gasteiger charge is -2.44. The Morgan fingerprint density at radius 1 is 1.17 bits per heavy atom. The quantitative estimate of drug-likeness (QED) is 0.469. The highest BCUT2D eigenvalue weighted by Crippen LogP contribution is 2.41. The molecule has 1 fully saturated rings. The molecule has 174 valence electrons. The van der Waals surface area contributed by atoms with E-state index in [1.165, 1.54) is 30.3 Å². The lowest BCUT2D eigenvalue weighted by atomic mass is 9.40. The number of nitrogens with zero attached hydrogens (tertiary/aromatic N) is 1. The summed E-state index contributed by atoms with van der Waals surface area (Å²) in [5, 5.41) is 2.20. The summed E-state index contributed by atoms with van der Waals surface area (Å²) < 4.78 is 29.2. The van der Waals surface area contributed by atoms with E-state index in [1.54, 1.807) is 0 Å². The number of hydrogen-bond acceptors (Lipinski definition) is 4. The third-order valence-electron chi connectivity index (χ3n) is 6.23. The van der Waals surface area contributed by atoms with E-state index >= 15 is 0 Å². The first-order valence-corrected chi connectivity index (χ1v) is 11.0. The zero-order chi connectivity index (χ0) is 26.6. The second kappa shape index (κ2) is 9.10.